The van der Waals surface area contributed by atoms with Crippen LogP contribution in [0.15, 0.2) is 59.4 Å². The molecule has 2 aromatic heterocycles. The van der Waals surface area contributed by atoms with Crippen LogP contribution in [0, 0.1) is 10.1 Å². The summed E-state index contributed by atoms with van der Waals surface area (Å²) in [5, 5.41) is 37.6. The van der Waals surface area contributed by atoms with E-state index < -0.39 is 39.7 Å². The average molecular weight is 671 g/mol. The van der Waals surface area contributed by atoms with Gasteiger partial charge in [-0.3, -0.25) is 24.9 Å². The molecule has 0 radical (unpaired) electrons. The van der Waals surface area contributed by atoms with Crippen molar-refractivity contribution in [2.24, 2.45) is 0 Å². The highest BCUT2D eigenvalue weighted by molar-refractivity contribution is 5.95. The summed E-state index contributed by atoms with van der Waals surface area (Å²) in [6.07, 6.45) is 1.83. The molecule has 49 heavy (non-hydrogen) atoms. The van der Waals surface area contributed by atoms with Crippen molar-refractivity contribution < 1.29 is 39.1 Å². The fourth-order valence-corrected chi connectivity index (χ4v) is 5.87. The molecular formula is C33H30N6O10. The second-order valence-corrected chi connectivity index (χ2v) is 11.4. The van der Waals surface area contributed by atoms with Crippen molar-refractivity contribution in [3.63, 3.8) is 0 Å². The van der Waals surface area contributed by atoms with E-state index in [1.807, 2.05) is 12.1 Å². The fraction of sp³-hybridized carbons (Fsp3) is 0.242. The van der Waals surface area contributed by atoms with E-state index in [2.05, 4.69) is 15.6 Å². The number of hydroxylamine groups is 1. The van der Waals surface area contributed by atoms with E-state index in [4.69, 9.17) is 14.7 Å². The predicted molar refractivity (Wildman–Crippen MR) is 172 cm³/mol. The maximum atomic E-state index is 13.4. The van der Waals surface area contributed by atoms with Gasteiger partial charge in [0.15, 0.2) is 5.60 Å². The van der Waals surface area contributed by atoms with Crippen molar-refractivity contribution in [3.8, 4) is 17.1 Å². The number of rotatable bonds is 10. The summed E-state index contributed by atoms with van der Waals surface area (Å²) < 4.78 is 11.8. The second-order valence-electron chi connectivity index (χ2n) is 11.4. The predicted octanol–water partition coefficient (Wildman–Crippen LogP) is 2.38. The fourth-order valence-electron chi connectivity index (χ4n) is 5.87. The molecule has 16 nitrogen and oxygen atoms in total. The molecule has 6 rings (SSSR count). The van der Waals surface area contributed by atoms with Gasteiger partial charge in [-0.2, -0.15) is 0 Å². The number of nitro benzene ring substituents is 1. The van der Waals surface area contributed by atoms with Gasteiger partial charge in [0.05, 0.1) is 39.3 Å². The number of carbonyl (C=O) groups excluding carboxylic acids is 3. The van der Waals surface area contributed by atoms with Gasteiger partial charge in [0.2, 0.25) is 5.75 Å². The van der Waals surface area contributed by atoms with Gasteiger partial charge in [0.1, 0.15) is 6.61 Å². The van der Waals surface area contributed by atoms with Gasteiger partial charge >= 0.3 is 17.7 Å². The van der Waals surface area contributed by atoms with E-state index in [1.54, 1.807) is 31.2 Å². The first-order chi connectivity index (χ1) is 23.5. The number of amides is 2. The largest absolute Gasteiger partial charge is 0.458 e. The lowest BCUT2D eigenvalue weighted by molar-refractivity contribution is -0.383. The minimum absolute atomic E-state index is 0.0107. The highest BCUT2D eigenvalue weighted by Gasteiger charge is 2.45. The highest BCUT2D eigenvalue weighted by atomic mass is 16.6. The summed E-state index contributed by atoms with van der Waals surface area (Å²) in [6, 6.07) is 13.1. The lowest BCUT2D eigenvalue weighted by Crippen LogP contribution is -2.44. The maximum Gasteiger partial charge on any atom is 0.412 e. The van der Waals surface area contributed by atoms with E-state index >= 15 is 0 Å². The Bertz CT molecular complexity index is 2110. The molecule has 2 aromatic carbocycles. The normalized spacial score (nSPS) is 16.1. The van der Waals surface area contributed by atoms with Gasteiger partial charge in [-0.05, 0) is 47.9 Å². The Hall–Kier alpha value is -5.97. The monoisotopic (exact) mass is 670 g/mol. The first-order valence-corrected chi connectivity index (χ1v) is 15.2. The summed E-state index contributed by atoms with van der Waals surface area (Å²) >= 11 is 0. The SMILES string of the molecule is CC[C@@]1(O)C(=O)OCc2c1cc1n(c2=O)Cc2cc3c([N+](=O)[O-])c(OC(=O)NCCNCc4ccc(/C=C/C(=O)NO)cc4)ccc3nc2-1. The number of carbonyl (C=O) groups is 3. The molecule has 2 aliphatic heterocycles. The summed E-state index contributed by atoms with van der Waals surface area (Å²) in [5.74, 6) is -1.77. The van der Waals surface area contributed by atoms with E-state index in [0.717, 1.165) is 11.1 Å². The van der Waals surface area contributed by atoms with Gasteiger partial charge in [-0.15, -0.1) is 0 Å². The third-order valence-corrected chi connectivity index (χ3v) is 8.43. The average Bonchev–Trinajstić information content (AvgIpc) is 3.45. The molecule has 1 atom stereocenters. The number of hydrogen-bond donors (Lipinski definition) is 5. The first kappa shape index (κ1) is 33.0. The number of nitro groups is 1. The molecule has 0 saturated heterocycles. The first-order valence-electron chi connectivity index (χ1n) is 15.2. The topological polar surface area (TPSA) is 224 Å². The van der Waals surface area contributed by atoms with E-state index in [-0.39, 0.29) is 53.9 Å². The third-order valence-electron chi connectivity index (χ3n) is 8.43. The Morgan fingerprint density at radius 3 is 2.65 bits per heavy atom. The molecule has 2 amide bonds. The molecule has 252 valence electrons. The number of pyridine rings is 2. The van der Waals surface area contributed by atoms with Crippen LogP contribution in [0.25, 0.3) is 28.4 Å². The number of esters is 1. The van der Waals surface area contributed by atoms with Crippen molar-refractivity contribution in [1.82, 2.24) is 25.7 Å². The van der Waals surface area contributed by atoms with Crippen LogP contribution in [-0.4, -0.2) is 55.8 Å². The molecule has 16 heteroatoms. The summed E-state index contributed by atoms with van der Waals surface area (Å²) in [6.45, 7) is 2.36. The Kier molecular flexibility index (Phi) is 8.92. The Labute approximate surface area is 277 Å². The van der Waals surface area contributed by atoms with Crippen molar-refractivity contribution in [1.29, 1.82) is 0 Å². The number of benzene rings is 2. The molecule has 0 saturated carbocycles. The molecule has 0 fully saturated rings. The Balaban J connectivity index is 1.14. The molecule has 0 unspecified atom stereocenters. The van der Waals surface area contributed by atoms with Crippen molar-refractivity contribution in [3.05, 3.63) is 103 Å². The number of nitrogens with one attached hydrogen (secondary N) is 3. The van der Waals surface area contributed by atoms with Crippen LogP contribution >= 0.6 is 0 Å². The Morgan fingerprint density at radius 2 is 1.94 bits per heavy atom. The minimum Gasteiger partial charge on any atom is -0.458 e. The molecule has 0 bridgehead atoms. The highest BCUT2D eigenvalue weighted by Crippen LogP contribution is 2.41. The van der Waals surface area contributed by atoms with Crippen molar-refractivity contribution in [2.75, 3.05) is 13.1 Å². The molecule has 0 aliphatic carbocycles. The molecule has 4 aromatic rings. The molecule has 2 aliphatic rings. The van der Waals surface area contributed by atoms with Crippen molar-refractivity contribution >= 4 is 40.6 Å². The standard InChI is InChI=1S/C33H30N6O10/c1-2-33(44)23-14-25-28-20(16-38(25)30(41)22(23)17-48-31(33)42)13-21-24(36-28)8-9-26(29(21)39(46)47)49-32(43)35-12-11-34-15-19-5-3-18(4-6-19)7-10-27(40)37-45/h3-10,13-14,34,44-45H,2,11-12,15-17H2,1H3,(H,35,43)(H,37,40)/b10-7+/t33-/m0/s1. The molecule has 0 spiro atoms. The van der Waals surface area contributed by atoms with E-state index in [0.29, 0.717) is 30.0 Å². The molecule has 4 heterocycles. The van der Waals surface area contributed by atoms with Crippen molar-refractivity contribution in [2.45, 2.75) is 38.6 Å². The quantitative estimate of drug-likeness (QED) is 0.0361. The third kappa shape index (κ3) is 6.22. The zero-order valence-corrected chi connectivity index (χ0v) is 26.0. The lowest BCUT2D eigenvalue weighted by atomic mass is 9.86. The van der Waals surface area contributed by atoms with Crippen LogP contribution < -0.4 is 26.4 Å². The summed E-state index contributed by atoms with van der Waals surface area (Å²) in [4.78, 5) is 65.7. The number of fused-ring (bicyclic) bond motifs is 5. The number of aromatic nitrogens is 2. The second kappa shape index (κ2) is 13.3. The molecular weight excluding hydrogens is 640 g/mol. The van der Waals surface area contributed by atoms with Gasteiger partial charge in [-0.25, -0.2) is 20.1 Å². The maximum absolute atomic E-state index is 13.4. The Morgan fingerprint density at radius 1 is 1.16 bits per heavy atom. The summed E-state index contributed by atoms with van der Waals surface area (Å²) in [5.41, 5.74) is 2.05. The number of ether oxygens (including phenoxy) is 2. The zero-order chi connectivity index (χ0) is 34.9. The lowest BCUT2D eigenvalue weighted by Gasteiger charge is -2.31. The number of hydrogen-bond acceptors (Lipinski definition) is 12. The van der Waals surface area contributed by atoms with E-state index in [9.17, 15) is 34.4 Å². The van der Waals surface area contributed by atoms with Crippen LogP contribution in [-0.2, 0) is 39.6 Å². The van der Waals surface area contributed by atoms with Gasteiger partial charge in [0, 0.05) is 36.8 Å². The van der Waals surface area contributed by atoms with Crippen LogP contribution in [0.4, 0.5) is 10.5 Å². The van der Waals surface area contributed by atoms with Crippen LogP contribution in [0.5, 0.6) is 5.75 Å². The van der Waals surface area contributed by atoms with Crippen LogP contribution in [0.3, 0.4) is 0 Å². The van der Waals surface area contributed by atoms with Gasteiger partial charge in [0.25, 0.3) is 11.5 Å². The van der Waals surface area contributed by atoms with Gasteiger partial charge < -0.3 is 29.8 Å². The van der Waals surface area contributed by atoms with E-state index in [1.165, 1.54) is 34.3 Å². The van der Waals surface area contributed by atoms with Gasteiger partial charge in [-0.1, -0.05) is 31.2 Å². The van der Waals surface area contributed by atoms with Crippen LogP contribution in [0.1, 0.15) is 41.2 Å². The zero-order valence-electron chi connectivity index (χ0n) is 26.0. The molecule has 5 N–H and O–H groups in total. The smallest absolute Gasteiger partial charge is 0.412 e. The number of cyclic esters (lactones) is 1. The minimum atomic E-state index is -1.99. The number of aliphatic hydroxyl groups is 1. The summed E-state index contributed by atoms with van der Waals surface area (Å²) in [7, 11) is 0. The van der Waals surface area contributed by atoms with Crippen LogP contribution in [0.2, 0.25) is 0 Å². The number of nitrogens with zero attached hydrogens (tertiary/aromatic N) is 3.